The van der Waals surface area contributed by atoms with E-state index in [1.807, 2.05) is 18.2 Å². The number of hydrogen-bond donors (Lipinski definition) is 4. The summed E-state index contributed by atoms with van der Waals surface area (Å²) < 4.78 is 0.906. The van der Waals surface area contributed by atoms with Gasteiger partial charge in [-0.15, -0.1) is 0 Å². The lowest BCUT2D eigenvalue weighted by Gasteiger charge is -2.45. The number of hydrogen-bond acceptors (Lipinski definition) is 9. The highest BCUT2D eigenvalue weighted by Gasteiger charge is 2.51. The number of aromatic hydroxyl groups is 1. The van der Waals surface area contributed by atoms with E-state index in [1.54, 1.807) is 52.2 Å². The minimum absolute atomic E-state index is 0.0687. The number of nitrogens with two attached hydrogens (primary N) is 2. The number of urea groups is 1. The Morgan fingerprint density at radius 3 is 2.64 bits per heavy atom. The molecule has 4 aromatic rings. The van der Waals surface area contributed by atoms with Gasteiger partial charge in [0.15, 0.2) is 5.13 Å². The molecule has 0 radical (unpaired) electrons. The van der Waals surface area contributed by atoms with Gasteiger partial charge in [0.25, 0.3) is 0 Å². The van der Waals surface area contributed by atoms with Crippen LogP contribution in [0.25, 0.3) is 10.2 Å². The summed E-state index contributed by atoms with van der Waals surface area (Å²) >= 11 is 13.5. The summed E-state index contributed by atoms with van der Waals surface area (Å²) in [4.78, 5) is 48.7. The second kappa shape index (κ2) is 12.2. The van der Waals surface area contributed by atoms with Gasteiger partial charge in [-0.25, -0.2) is 9.78 Å². The molecule has 1 aromatic heterocycles. The van der Waals surface area contributed by atoms with Gasteiger partial charge in [-0.05, 0) is 47.0 Å². The van der Waals surface area contributed by atoms with Crippen molar-refractivity contribution >= 4 is 73.4 Å². The first kappa shape index (κ1) is 30.7. The minimum Gasteiger partial charge on any atom is -0.506 e. The van der Waals surface area contributed by atoms with Gasteiger partial charge in [0.05, 0.1) is 39.0 Å². The van der Waals surface area contributed by atoms with Crippen molar-refractivity contribution in [1.82, 2.24) is 30.1 Å². The van der Waals surface area contributed by atoms with Gasteiger partial charge in [-0.2, -0.15) is 5.01 Å². The third-order valence-electron chi connectivity index (χ3n) is 8.07. The highest BCUT2D eigenvalue weighted by Crippen LogP contribution is 2.33. The maximum atomic E-state index is 14.1. The number of phenolic OH excluding ortho intramolecular Hbond substituents is 1. The molecule has 0 unspecified atom stereocenters. The summed E-state index contributed by atoms with van der Waals surface area (Å²) in [5.41, 5.74) is 15.1. The van der Waals surface area contributed by atoms with Crippen LogP contribution >= 0.6 is 34.5 Å². The number of aromatic nitrogens is 1. The average molecular weight is 670 g/mol. The van der Waals surface area contributed by atoms with E-state index in [0.29, 0.717) is 20.7 Å². The van der Waals surface area contributed by atoms with Crippen molar-refractivity contribution in [3.8, 4) is 5.75 Å². The quantitative estimate of drug-likeness (QED) is 0.171. The van der Waals surface area contributed by atoms with E-state index in [9.17, 15) is 19.5 Å². The molecule has 3 aromatic carbocycles. The van der Waals surface area contributed by atoms with Crippen molar-refractivity contribution in [2.24, 2.45) is 0 Å². The van der Waals surface area contributed by atoms with E-state index in [2.05, 4.69) is 10.3 Å². The zero-order valence-corrected chi connectivity index (χ0v) is 26.4. The Labute approximate surface area is 272 Å². The molecular formula is C30H30Cl2N8O4S. The molecule has 0 saturated carbocycles. The molecule has 2 aliphatic rings. The summed E-state index contributed by atoms with van der Waals surface area (Å²) in [6.45, 7) is 0.466. The molecular weight excluding hydrogens is 639 g/mol. The highest BCUT2D eigenvalue weighted by atomic mass is 35.5. The van der Waals surface area contributed by atoms with Crippen molar-refractivity contribution in [1.29, 1.82) is 0 Å². The van der Waals surface area contributed by atoms with E-state index >= 15 is 0 Å². The fourth-order valence-electron chi connectivity index (χ4n) is 5.82. The standard InChI is InChI=1S/C30H30Cl2N8O4S/c1-37(30(44)35-12-17-5-7-19(31)20(32)9-17)39-15-26(42)40-22(11-16-6-8-23(41)21(33)10-16)28(43)38(14-25(39)40)13-18-3-2-4-24-27(18)36-29(34)45-24/h2-10,22,25,41H,11-15,33H2,1H3,(H2,34,36)(H,35,44)/t22-,25+/m0/s1. The zero-order chi connectivity index (χ0) is 32.0. The van der Waals surface area contributed by atoms with Crippen molar-refractivity contribution in [2.45, 2.75) is 31.7 Å². The molecule has 2 atom stereocenters. The molecule has 0 spiro atoms. The van der Waals surface area contributed by atoms with E-state index in [-0.39, 0.29) is 55.9 Å². The number of carbonyl (C=O) groups excluding carboxylic acids is 3. The number of rotatable bonds is 7. The number of amides is 4. The number of phenols is 1. The highest BCUT2D eigenvalue weighted by molar-refractivity contribution is 7.22. The van der Waals surface area contributed by atoms with Crippen LogP contribution < -0.4 is 16.8 Å². The molecule has 6 rings (SSSR count). The van der Waals surface area contributed by atoms with Crippen molar-refractivity contribution in [3.05, 3.63) is 81.3 Å². The van der Waals surface area contributed by atoms with Crippen LogP contribution in [-0.2, 0) is 29.1 Å². The summed E-state index contributed by atoms with van der Waals surface area (Å²) in [5.74, 6) is -0.607. The predicted molar refractivity (Wildman–Crippen MR) is 173 cm³/mol. The first-order chi connectivity index (χ1) is 21.5. The number of para-hydroxylation sites is 1. The Hall–Kier alpha value is -4.30. The number of nitrogen functional groups attached to an aromatic ring is 2. The van der Waals surface area contributed by atoms with Crippen molar-refractivity contribution in [2.75, 3.05) is 31.6 Å². The van der Waals surface area contributed by atoms with E-state index in [1.165, 1.54) is 22.4 Å². The Morgan fingerprint density at radius 1 is 1.11 bits per heavy atom. The topological polar surface area (TPSA) is 161 Å². The number of nitrogens with zero attached hydrogens (tertiary/aromatic N) is 5. The molecule has 15 heteroatoms. The van der Waals surface area contributed by atoms with E-state index in [4.69, 9.17) is 34.7 Å². The molecule has 2 fully saturated rings. The van der Waals surface area contributed by atoms with Crippen LogP contribution in [0.1, 0.15) is 16.7 Å². The van der Waals surface area contributed by atoms with Gasteiger partial charge < -0.3 is 31.7 Å². The lowest BCUT2D eigenvalue weighted by atomic mass is 9.99. The normalized spacial score (nSPS) is 18.5. The van der Waals surface area contributed by atoms with Crippen LogP contribution in [0.5, 0.6) is 5.75 Å². The van der Waals surface area contributed by atoms with Gasteiger partial charge >= 0.3 is 6.03 Å². The molecule has 0 aliphatic carbocycles. The fraction of sp³-hybridized carbons (Fsp3) is 0.267. The number of halogens is 2. The molecule has 2 saturated heterocycles. The lowest BCUT2D eigenvalue weighted by Crippen LogP contribution is -2.65. The van der Waals surface area contributed by atoms with Crippen LogP contribution in [-0.4, -0.2) is 80.1 Å². The summed E-state index contributed by atoms with van der Waals surface area (Å²) in [6, 6.07) is 14.2. The Bertz CT molecular complexity index is 1820. The molecule has 234 valence electrons. The maximum Gasteiger partial charge on any atom is 0.332 e. The number of carbonyl (C=O) groups is 3. The molecule has 4 amide bonds. The van der Waals surface area contributed by atoms with Crippen LogP contribution in [0.4, 0.5) is 15.6 Å². The first-order valence-corrected chi connectivity index (χ1v) is 15.6. The number of nitrogens with one attached hydrogen (secondary N) is 1. The summed E-state index contributed by atoms with van der Waals surface area (Å²) in [7, 11) is 1.58. The Balaban J connectivity index is 1.28. The lowest BCUT2D eigenvalue weighted by molar-refractivity contribution is -0.157. The number of anilines is 2. The summed E-state index contributed by atoms with van der Waals surface area (Å²) in [6.07, 6.45) is -0.466. The first-order valence-electron chi connectivity index (χ1n) is 14.0. The van der Waals surface area contributed by atoms with Crippen LogP contribution in [0.15, 0.2) is 54.6 Å². The molecule has 2 aliphatic heterocycles. The maximum absolute atomic E-state index is 14.1. The third kappa shape index (κ3) is 6.03. The average Bonchev–Trinajstić information content (AvgIpc) is 3.56. The summed E-state index contributed by atoms with van der Waals surface area (Å²) in [5, 5.41) is 17.0. The largest absolute Gasteiger partial charge is 0.506 e. The van der Waals surface area contributed by atoms with E-state index in [0.717, 1.165) is 21.3 Å². The number of hydrazine groups is 1. The zero-order valence-electron chi connectivity index (χ0n) is 24.1. The van der Waals surface area contributed by atoms with Crippen molar-refractivity contribution < 1.29 is 19.5 Å². The third-order valence-corrected chi connectivity index (χ3v) is 9.66. The van der Waals surface area contributed by atoms with Gasteiger partial charge in [0.2, 0.25) is 11.8 Å². The molecule has 0 bridgehead atoms. The van der Waals surface area contributed by atoms with Gasteiger partial charge in [-0.1, -0.05) is 58.8 Å². The van der Waals surface area contributed by atoms with Gasteiger partial charge in [-0.3, -0.25) is 14.6 Å². The second-order valence-electron chi connectivity index (χ2n) is 11.0. The Morgan fingerprint density at radius 2 is 1.89 bits per heavy atom. The molecule has 6 N–H and O–H groups in total. The van der Waals surface area contributed by atoms with Gasteiger partial charge in [0, 0.05) is 26.6 Å². The number of piperazine rings is 1. The molecule has 45 heavy (non-hydrogen) atoms. The van der Waals surface area contributed by atoms with Crippen molar-refractivity contribution in [3.63, 3.8) is 0 Å². The molecule has 12 nitrogen and oxygen atoms in total. The fourth-order valence-corrected chi connectivity index (χ4v) is 6.92. The Kier molecular flexibility index (Phi) is 8.35. The van der Waals surface area contributed by atoms with Crippen LogP contribution in [0.3, 0.4) is 0 Å². The minimum atomic E-state index is -0.877. The predicted octanol–water partition coefficient (Wildman–Crippen LogP) is 3.65. The monoisotopic (exact) mass is 668 g/mol. The second-order valence-corrected chi connectivity index (χ2v) is 12.8. The SMILES string of the molecule is CN(C(=O)NCc1ccc(Cl)c(Cl)c1)N1CC(=O)N2[C@@H](Cc3ccc(O)c(N)c3)C(=O)N(Cc3cccc4sc(N)nc34)C[C@@H]21. The van der Waals surface area contributed by atoms with Gasteiger partial charge in [0.1, 0.15) is 18.0 Å². The molecule has 3 heterocycles. The van der Waals surface area contributed by atoms with E-state index < -0.39 is 18.2 Å². The number of benzene rings is 3. The smallest absolute Gasteiger partial charge is 0.332 e. The number of thiazole rings is 1. The number of fused-ring (bicyclic) bond motifs is 2. The van der Waals surface area contributed by atoms with Crippen LogP contribution in [0, 0.1) is 0 Å². The van der Waals surface area contributed by atoms with Crippen LogP contribution in [0.2, 0.25) is 10.0 Å².